The molecule has 2 fully saturated rings. The molecule has 1 unspecified atom stereocenters. The van der Waals surface area contributed by atoms with Crippen LogP contribution in [0.3, 0.4) is 0 Å². The molecule has 1 atom stereocenters. The van der Waals surface area contributed by atoms with Gasteiger partial charge in [-0.2, -0.15) is 4.31 Å². The molecule has 1 saturated carbocycles. The van der Waals surface area contributed by atoms with Gasteiger partial charge in [0.05, 0.1) is 22.8 Å². The molecule has 0 radical (unpaired) electrons. The van der Waals surface area contributed by atoms with E-state index in [1.165, 1.54) is 4.31 Å². The number of sulfonamides is 1. The standard InChI is InChI=1S/C19H26N2O5S/c1-14-5-7-16(8-6-14)27(25,26)21-11-2-4-15(13-21)18(24)20-19(9-3-10-19)12-17(22)23/h5-8,15H,2-4,9-13H2,1H3,(H,20,24)(H,22,23). The molecule has 27 heavy (non-hydrogen) atoms. The number of carbonyl (C=O) groups is 2. The number of aliphatic carboxylic acids is 1. The Morgan fingerprint density at radius 2 is 1.89 bits per heavy atom. The lowest BCUT2D eigenvalue weighted by atomic mass is 9.74. The largest absolute Gasteiger partial charge is 0.481 e. The number of carbonyl (C=O) groups excluding carboxylic acids is 1. The van der Waals surface area contributed by atoms with Gasteiger partial charge in [0.15, 0.2) is 0 Å². The first-order valence-electron chi connectivity index (χ1n) is 9.33. The van der Waals surface area contributed by atoms with E-state index >= 15 is 0 Å². The second kappa shape index (κ2) is 7.59. The van der Waals surface area contributed by atoms with E-state index < -0.39 is 27.4 Å². The monoisotopic (exact) mass is 394 g/mol. The van der Waals surface area contributed by atoms with Crippen molar-refractivity contribution in [3.63, 3.8) is 0 Å². The van der Waals surface area contributed by atoms with Gasteiger partial charge in [0.2, 0.25) is 15.9 Å². The summed E-state index contributed by atoms with van der Waals surface area (Å²) in [5, 5.41) is 12.0. The third-order valence-corrected chi connectivity index (χ3v) is 7.48. The van der Waals surface area contributed by atoms with E-state index in [4.69, 9.17) is 5.11 Å². The predicted molar refractivity (Wildman–Crippen MR) is 99.6 cm³/mol. The zero-order valence-electron chi connectivity index (χ0n) is 15.5. The number of hydrogen-bond donors (Lipinski definition) is 2. The summed E-state index contributed by atoms with van der Waals surface area (Å²) >= 11 is 0. The fraction of sp³-hybridized carbons (Fsp3) is 0.579. The second-order valence-electron chi connectivity index (χ2n) is 7.71. The molecular weight excluding hydrogens is 368 g/mol. The predicted octanol–water partition coefficient (Wildman–Crippen LogP) is 1.91. The second-order valence-corrected chi connectivity index (χ2v) is 9.65. The van der Waals surface area contributed by atoms with Crippen LogP contribution in [0.2, 0.25) is 0 Å². The number of aryl methyl sites for hydroxylation is 1. The molecule has 0 spiro atoms. The molecule has 1 amide bonds. The van der Waals surface area contributed by atoms with Crippen LogP contribution in [-0.2, 0) is 19.6 Å². The lowest BCUT2D eigenvalue weighted by Gasteiger charge is -2.43. The highest BCUT2D eigenvalue weighted by molar-refractivity contribution is 7.89. The SMILES string of the molecule is Cc1ccc(S(=O)(=O)N2CCCC(C(=O)NC3(CC(=O)O)CCC3)C2)cc1. The normalized spacial score (nSPS) is 22.6. The topological polar surface area (TPSA) is 104 Å². The Morgan fingerprint density at radius 3 is 2.44 bits per heavy atom. The zero-order valence-corrected chi connectivity index (χ0v) is 16.3. The van der Waals surface area contributed by atoms with Crippen LogP contribution in [-0.4, -0.2) is 48.3 Å². The van der Waals surface area contributed by atoms with Crippen LogP contribution in [0.5, 0.6) is 0 Å². The van der Waals surface area contributed by atoms with Crippen molar-refractivity contribution in [2.45, 2.75) is 55.9 Å². The number of piperidine rings is 1. The highest BCUT2D eigenvalue weighted by Gasteiger charge is 2.42. The third-order valence-electron chi connectivity index (χ3n) is 5.60. The molecule has 1 aromatic rings. The Labute approximate surface area is 159 Å². The maximum Gasteiger partial charge on any atom is 0.305 e. The number of benzene rings is 1. The fourth-order valence-electron chi connectivity index (χ4n) is 3.84. The first-order valence-corrected chi connectivity index (χ1v) is 10.8. The van der Waals surface area contributed by atoms with Crippen LogP contribution in [0.25, 0.3) is 0 Å². The third kappa shape index (κ3) is 4.32. The maximum atomic E-state index is 12.9. The summed E-state index contributed by atoms with van der Waals surface area (Å²) in [5.74, 6) is -1.62. The molecule has 2 aliphatic rings. The number of nitrogens with zero attached hydrogens (tertiary/aromatic N) is 1. The van der Waals surface area contributed by atoms with Gasteiger partial charge in [-0.15, -0.1) is 0 Å². The molecule has 0 aromatic heterocycles. The average molecular weight is 394 g/mol. The Balaban J connectivity index is 1.69. The van der Waals surface area contributed by atoms with E-state index in [-0.39, 0.29) is 23.8 Å². The first kappa shape index (κ1) is 19.8. The van der Waals surface area contributed by atoms with E-state index in [0.29, 0.717) is 32.2 Å². The van der Waals surface area contributed by atoms with E-state index in [1.807, 2.05) is 6.92 Å². The zero-order chi connectivity index (χ0) is 19.7. The molecular formula is C19H26N2O5S. The van der Waals surface area contributed by atoms with Gasteiger partial charge in [-0.1, -0.05) is 17.7 Å². The summed E-state index contributed by atoms with van der Waals surface area (Å²) in [6.07, 6.45) is 3.33. The van der Waals surface area contributed by atoms with Gasteiger partial charge in [0.1, 0.15) is 0 Å². The van der Waals surface area contributed by atoms with Crippen LogP contribution in [0.4, 0.5) is 0 Å². The van der Waals surface area contributed by atoms with Gasteiger partial charge in [0, 0.05) is 13.1 Å². The highest BCUT2D eigenvalue weighted by Crippen LogP contribution is 2.35. The van der Waals surface area contributed by atoms with Gasteiger partial charge < -0.3 is 10.4 Å². The quantitative estimate of drug-likeness (QED) is 0.767. The van der Waals surface area contributed by atoms with Crippen molar-refractivity contribution in [2.24, 2.45) is 5.92 Å². The van der Waals surface area contributed by atoms with Gasteiger partial charge in [0.25, 0.3) is 0 Å². The Kier molecular flexibility index (Phi) is 5.58. The summed E-state index contributed by atoms with van der Waals surface area (Å²) in [5.41, 5.74) is 0.315. The van der Waals surface area contributed by atoms with Gasteiger partial charge in [-0.05, 0) is 51.2 Å². The van der Waals surface area contributed by atoms with Crippen molar-refractivity contribution in [2.75, 3.05) is 13.1 Å². The molecule has 8 heteroatoms. The molecule has 2 N–H and O–H groups in total. The van der Waals surface area contributed by atoms with Gasteiger partial charge in [-0.3, -0.25) is 9.59 Å². The van der Waals surface area contributed by atoms with Crippen molar-refractivity contribution in [1.29, 1.82) is 0 Å². The molecule has 3 rings (SSSR count). The molecule has 7 nitrogen and oxygen atoms in total. The molecule has 1 saturated heterocycles. The smallest absolute Gasteiger partial charge is 0.305 e. The number of amides is 1. The maximum absolute atomic E-state index is 12.9. The fourth-order valence-corrected chi connectivity index (χ4v) is 5.36. The minimum absolute atomic E-state index is 0.0865. The van der Waals surface area contributed by atoms with Crippen molar-refractivity contribution < 1.29 is 23.1 Å². The number of hydrogen-bond acceptors (Lipinski definition) is 4. The summed E-state index contributed by atoms with van der Waals surface area (Å²) in [7, 11) is -3.64. The molecule has 1 aliphatic carbocycles. The van der Waals surface area contributed by atoms with Crippen LogP contribution in [0.15, 0.2) is 29.2 Å². The van der Waals surface area contributed by atoms with Crippen LogP contribution in [0.1, 0.15) is 44.1 Å². The lowest BCUT2D eigenvalue weighted by Crippen LogP contribution is -2.57. The molecule has 1 aromatic carbocycles. The minimum Gasteiger partial charge on any atom is -0.481 e. The Hall–Kier alpha value is -1.93. The molecule has 1 aliphatic heterocycles. The van der Waals surface area contributed by atoms with E-state index in [0.717, 1.165) is 12.0 Å². The van der Waals surface area contributed by atoms with Crippen molar-refractivity contribution in [1.82, 2.24) is 9.62 Å². The van der Waals surface area contributed by atoms with E-state index in [9.17, 15) is 18.0 Å². The van der Waals surface area contributed by atoms with Gasteiger partial charge in [-0.25, -0.2) is 8.42 Å². The summed E-state index contributed by atoms with van der Waals surface area (Å²) in [6, 6.07) is 6.69. The molecule has 0 bridgehead atoms. The summed E-state index contributed by atoms with van der Waals surface area (Å²) in [6.45, 7) is 2.41. The van der Waals surface area contributed by atoms with Crippen LogP contribution in [0, 0.1) is 12.8 Å². The summed E-state index contributed by atoms with van der Waals surface area (Å²) in [4.78, 5) is 24.0. The number of nitrogens with one attached hydrogen (secondary N) is 1. The van der Waals surface area contributed by atoms with E-state index in [1.54, 1.807) is 24.3 Å². The minimum atomic E-state index is -3.64. The lowest BCUT2D eigenvalue weighted by molar-refractivity contribution is -0.141. The Morgan fingerprint density at radius 1 is 1.22 bits per heavy atom. The Bertz CT molecular complexity index is 815. The number of carboxylic acids is 1. The highest BCUT2D eigenvalue weighted by atomic mass is 32.2. The van der Waals surface area contributed by atoms with Crippen LogP contribution < -0.4 is 5.32 Å². The molecule has 148 valence electrons. The van der Waals surface area contributed by atoms with Crippen molar-refractivity contribution >= 4 is 21.9 Å². The summed E-state index contributed by atoms with van der Waals surface area (Å²) < 4.78 is 27.1. The average Bonchev–Trinajstić information content (AvgIpc) is 2.60. The van der Waals surface area contributed by atoms with Crippen molar-refractivity contribution in [3.05, 3.63) is 29.8 Å². The number of rotatable bonds is 6. The van der Waals surface area contributed by atoms with E-state index in [2.05, 4.69) is 5.32 Å². The van der Waals surface area contributed by atoms with Crippen LogP contribution >= 0.6 is 0 Å². The first-order chi connectivity index (χ1) is 12.7. The van der Waals surface area contributed by atoms with Gasteiger partial charge >= 0.3 is 5.97 Å². The van der Waals surface area contributed by atoms with Crippen molar-refractivity contribution in [3.8, 4) is 0 Å². The molecule has 1 heterocycles. The number of carboxylic acid groups (broad SMARTS) is 1.